The van der Waals surface area contributed by atoms with Crippen molar-refractivity contribution >= 4 is 17.4 Å². The summed E-state index contributed by atoms with van der Waals surface area (Å²) in [5.41, 5.74) is -0.877. The molecule has 200 valence electrons. The summed E-state index contributed by atoms with van der Waals surface area (Å²) >= 11 is 6.04. The lowest BCUT2D eigenvalue weighted by Crippen LogP contribution is -2.32. The topological polar surface area (TPSA) is 112 Å². The summed E-state index contributed by atoms with van der Waals surface area (Å²) in [6, 6.07) is 2.12. The highest BCUT2D eigenvalue weighted by Gasteiger charge is 2.39. The number of aliphatic hydroxyl groups excluding tert-OH is 1. The number of carbonyl (C=O) groups is 1. The average Bonchev–Trinajstić information content (AvgIpc) is 3.15. The lowest BCUT2D eigenvalue weighted by molar-refractivity contribution is -0.190. The van der Waals surface area contributed by atoms with Crippen LogP contribution < -0.4 is 10.4 Å². The molecule has 0 aromatic carbocycles. The van der Waals surface area contributed by atoms with Crippen molar-refractivity contribution in [1.82, 2.24) is 24.3 Å². The lowest BCUT2D eigenvalue weighted by atomic mass is 10.0. The number of aliphatic hydroxyl groups is 1. The van der Waals surface area contributed by atoms with Crippen molar-refractivity contribution in [3.8, 4) is 11.7 Å². The van der Waals surface area contributed by atoms with Gasteiger partial charge in [-0.2, -0.15) is 22.8 Å². The molecule has 0 radical (unpaired) electrons. The van der Waals surface area contributed by atoms with Crippen LogP contribution in [0, 0.1) is 12.7 Å². The van der Waals surface area contributed by atoms with Gasteiger partial charge in [-0.3, -0.25) is 9.36 Å². The normalized spacial score (nSPS) is 12.6. The summed E-state index contributed by atoms with van der Waals surface area (Å²) in [6.45, 7) is 0.555. The maximum atomic E-state index is 15.1. The van der Waals surface area contributed by atoms with Crippen LogP contribution in [0.2, 0.25) is 5.15 Å². The van der Waals surface area contributed by atoms with Crippen LogP contribution in [0.15, 0.2) is 23.1 Å². The van der Waals surface area contributed by atoms with Gasteiger partial charge in [0.25, 0.3) is 0 Å². The fourth-order valence-corrected chi connectivity index (χ4v) is 3.56. The molecule has 0 aliphatic heterocycles. The molecule has 0 fully saturated rings. The minimum atomic E-state index is -4.87. The first-order valence-corrected chi connectivity index (χ1v) is 11.2. The predicted octanol–water partition coefficient (Wildman–Crippen LogP) is 3.53. The number of hydrogen-bond acceptors (Lipinski definition) is 7. The highest BCUT2D eigenvalue weighted by molar-refractivity contribution is 6.30. The first-order valence-electron chi connectivity index (χ1n) is 10.8. The summed E-state index contributed by atoms with van der Waals surface area (Å²) in [4.78, 5) is 33.3. The van der Waals surface area contributed by atoms with E-state index in [-0.39, 0.29) is 30.3 Å². The fraction of sp³-hybridized carbons (Fsp3) is 0.409. The molecule has 1 N–H and O–H groups in total. The van der Waals surface area contributed by atoms with Crippen molar-refractivity contribution in [1.29, 1.82) is 0 Å². The number of aryl methyl sites for hydroxylation is 1. The Bertz CT molecular complexity index is 1340. The number of aromatic nitrogens is 5. The first-order chi connectivity index (χ1) is 17.4. The second-order valence-electron chi connectivity index (χ2n) is 7.92. The molecule has 37 heavy (non-hydrogen) atoms. The third kappa shape index (κ3) is 6.13. The van der Waals surface area contributed by atoms with Crippen molar-refractivity contribution in [2.75, 3.05) is 6.61 Å². The first kappa shape index (κ1) is 28.2. The molecule has 0 amide bonds. The van der Waals surface area contributed by atoms with Crippen molar-refractivity contribution in [3.63, 3.8) is 0 Å². The quantitative estimate of drug-likeness (QED) is 0.234. The largest absolute Gasteiger partial charge is 0.464 e. The number of nitrogens with zero attached hydrogens (tertiary/aromatic N) is 5. The van der Waals surface area contributed by atoms with Crippen molar-refractivity contribution in [2.45, 2.75) is 52.2 Å². The van der Waals surface area contributed by atoms with Gasteiger partial charge in [0, 0.05) is 31.3 Å². The van der Waals surface area contributed by atoms with Crippen molar-refractivity contribution in [2.24, 2.45) is 0 Å². The van der Waals surface area contributed by atoms with Crippen LogP contribution in [0.3, 0.4) is 0 Å². The third-order valence-corrected chi connectivity index (χ3v) is 5.67. The van der Waals surface area contributed by atoms with Gasteiger partial charge >= 0.3 is 11.9 Å². The van der Waals surface area contributed by atoms with Crippen LogP contribution >= 0.6 is 11.6 Å². The Labute approximate surface area is 211 Å². The predicted molar refractivity (Wildman–Crippen MR) is 120 cm³/mol. The summed E-state index contributed by atoms with van der Waals surface area (Å²) < 4.78 is 74.3. The number of pyridine rings is 2. The maximum absolute atomic E-state index is 15.1. The van der Waals surface area contributed by atoms with E-state index >= 15 is 4.39 Å². The highest BCUT2D eigenvalue weighted by Crippen LogP contribution is 2.29. The van der Waals surface area contributed by atoms with E-state index in [1.807, 2.05) is 0 Å². The van der Waals surface area contributed by atoms with E-state index in [9.17, 15) is 27.2 Å². The van der Waals surface area contributed by atoms with Gasteiger partial charge in [0.2, 0.25) is 5.88 Å². The lowest BCUT2D eigenvalue weighted by Gasteiger charge is -2.19. The molecular weight excluding hydrogens is 529 g/mol. The summed E-state index contributed by atoms with van der Waals surface area (Å²) in [7, 11) is 0. The Morgan fingerprint density at radius 1 is 1.32 bits per heavy atom. The van der Waals surface area contributed by atoms with E-state index in [4.69, 9.17) is 21.4 Å². The molecule has 15 heteroatoms. The Morgan fingerprint density at radius 2 is 2.03 bits per heavy atom. The van der Waals surface area contributed by atoms with E-state index in [0.717, 1.165) is 4.57 Å². The number of hydrogen-bond donors (Lipinski definition) is 1. The Morgan fingerprint density at radius 3 is 2.62 bits per heavy atom. The molecule has 0 bridgehead atoms. The number of carbonyl (C=O) groups excluding carboxylic acids is 1. The zero-order chi connectivity index (χ0) is 27.5. The average molecular weight is 550 g/mol. The molecule has 0 spiro atoms. The van der Waals surface area contributed by atoms with Gasteiger partial charge in [0.1, 0.15) is 11.8 Å². The van der Waals surface area contributed by atoms with Gasteiger partial charge in [-0.05, 0) is 38.0 Å². The molecule has 3 rings (SSSR count). The van der Waals surface area contributed by atoms with Gasteiger partial charge in [-0.1, -0.05) is 11.6 Å². The third-order valence-electron chi connectivity index (χ3n) is 5.35. The van der Waals surface area contributed by atoms with Crippen LogP contribution in [0.4, 0.5) is 22.0 Å². The molecule has 0 aliphatic carbocycles. The Hall–Kier alpha value is -3.39. The molecule has 0 saturated heterocycles. The molecule has 0 saturated carbocycles. The van der Waals surface area contributed by atoms with Crippen molar-refractivity contribution in [3.05, 3.63) is 62.3 Å². The van der Waals surface area contributed by atoms with Gasteiger partial charge < -0.3 is 9.84 Å². The Balaban J connectivity index is 2.14. The molecule has 3 heterocycles. The monoisotopic (exact) mass is 549 g/mol. The number of rotatable bonds is 10. The molecule has 9 nitrogen and oxygen atoms in total. The van der Waals surface area contributed by atoms with E-state index in [1.54, 1.807) is 13.0 Å². The van der Waals surface area contributed by atoms with Gasteiger partial charge in [0.05, 0.1) is 5.56 Å². The van der Waals surface area contributed by atoms with Crippen LogP contribution in [-0.2, 0) is 19.6 Å². The number of ether oxygens (including phenoxy) is 1. The molecule has 0 unspecified atom stereocenters. The SMILES string of the molecule is Cc1ccnc(Cl)c1CC(=O)c1cc(F)c(-n2nc(CF)n(CCCO)c2=O)nc1O[C@@H](C)C(F)(F)F. The number of halogens is 6. The van der Waals surface area contributed by atoms with Gasteiger partial charge in [0.15, 0.2) is 29.3 Å². The van der Waals surface area contributed by atoms with E-state index in [1.165, 1.54) is 6.20 Å². The Kier molecular flexibility index (Phi) is 8.64. The second kappa shape index (κ2) is 11.3. The zero-order valence-corrected chi connectivity index (χ0v) is 20.3. The van der Waals surface area contributed by atoms with Crippen LogP contribution in [0.1, 0.15) is 40.7 Å². The number of ketones is 1. The van der Waals surface area contributed by atoms with Crippen LogP contribution in [0.25, 0.3) is 5.82 Å². The molecule has 1 atom stereocenters. The van der Waals surface area contributed by atoms with Gasteiger partial charge in [-0.15, -0.1) is 5.10 Å². The minimum absolute atomic E-state index is 0.0248. The van der Waals surface area contributed by atoms with Crippen molar-refractivity contribution < 1.29 is 36.6 Å². The summed E-state index contributed by atoms with van der Waals surface area (Å²) in [5, 5.41) is 12.6. The molecule has 0 aliphatic rings. The van der Waals surface area contributed by atoms with E-state index in [2.05, 4.69) is 15.1 Å². The molecular formula is C22H21ClF5N5O4. The minimum Gasteiger partial charge on any atom is -0.464 e. The number of alkyl halides is 4. The second-order valence-corrected chi connectivity index (χ2v) is 8.28. The standard InChI is InChI=1S/C22H21ClF5N5O4/c1-11-4-5-29-18(23)13(11)9-16(35)14-8-15(25)19(30-20(14)37-12(2)22(26,27)28)33-21(36)32(6-3-7-34)17(10-24)31-33/h4-5,8,12,34H,3,6-7,9-10H2,1-2H3/t12-/m0/s1. The van der Waals surface area contributed by atoms with E-state index in [0.29, 0.717) is 23.2 Å². The summed E-state index contributed by atoms with van der Waals surface area (Å²) in [5.74, 6) is -4.43. The smallest absolute Gasteiger partial charge is 0.425 e. The van der Waals surface area contributed by atoms with E-state index < -0.39 is 65.8 Å². The number of Topliss-reactive ketones (excluding diaryl/α,β-unsaturated/α-hetero) is 1. The van der Waals surface area contributed by atoms with Crippen LogP contribution in [-0.4, -0.2) is 54.1 Å². The highest BCUT2D eigenvalue weighted by atomic mass is 35.5. The maximum Gasteiger partial charge on any atom is 0.425 e. The van der Waals surface area contributed by atoms with Crippen LogP contribution in [0.5, 0.6) is 5.88 Å². The summed E-state index contributed by atoms with van der Waals surface area (Å²) in [6.07, 6.45) is -6.35. The zero-order valence-electron chi connectivity index (χ0n) is 19.5. The van der Waals surface area contributed by atoms with Gasteiger partial charge in [-0.25, -0.2) is 18.6 Å². The molecule has 3 aromatic heterocycles. The fourth-order valence-electron chi connectivity index (χ4n) is 3.29. The molecule has 3 aromatic rings.